The zero-order valence-electron chi connectivity index (χ0n) is 11.9. The van der Waals surface area contributed by atoms with Gasteiger partial charge in [-0.25, -0.2) is 0 Å². The molecule has 7 heteroatoms. The number of halogens is 3. The molecule has 0 bridgehead atoms. The second-order valence-electron chi connectivity index (χ2n) is 5.08. The summed E-state index contributed by atoms with van der Waals surface area (Å²) in [6, 6.07) is 5.48. The molecular formula is C15H18F3N3O. The highest BCUT2D eigenvalue weighted by atomic mass is 19.4. The van der Waals surface area contributed by atoms with Crippen molar-refractivity contribution in [1.82, 2.24) is 0 Å². The van der Waals surface area contributed by atoms with E-state index in [1.807, 2.05) is 0 Å². The molecule has 120 valence electrons. The second kappa shape index (κ2) is 7.20. The summed E-state index contributed by atoms with van der Waals surface area (Å²) in [5, 5.41) is 2.77. The van der Waals surface area contributed by atoms with Crippen LogP contribution in [0, 0.1) is 5.92 Å². The Labute approximate surface area is 126 Å². The van der Waals surface area contributed by atoms with Gasteiger partial charge in [-0.2, -0.15) is 0 Å². The molecule has 0 saturated carbocycles. The number of aliphatic imine (C=N–C) groups is 1. The number of anilines is 1. The molecule has 22 heavy (non-hydrogen) atoms. The van der Waals surface area contributed by atoms with Crippen LogP contribution in [0.2, 0.25) is 0 Å². The molecule has 0 saturated heterocycles. The van der Waals surface area contributed by atoms with Crippen LogP contribution in [-0.2, 0) is 0 Å². The maximum atomic E-state index is 12.2. The molecule has 3 N–H and O–H groups in total. The molecule has 1 aliphatic carbocycles. The molecule has 4 nitrogen and oxygen atoms in total. The van der Waals surface area contributed by atoms with Crippen LogP contribution in [0.15, 0.2) is 41.4 Å². The fourth-order valence-corrected chi connectivity index (χ4v) is 2.21. The molecule has 0 radical (unpaired) electrons. The number of hydrogen-bond donors (Lipinski definition) is 2. The fraction of sp³-hybridized carbons (Fsp3) is 0.400. The summed E-state index contributed by atoms with van der Waals surface area (Å²) in [7, 11) is 0. The molecule has 0 amide bonds. The van der Waals surface area contributed by atoms with E-state index in [0.717, 1.165) is 19.3 Å². The lowest BCUT2D eigenvalue weighted by atomic mass is 9.95. The minimum Gasteiger partial charge on any atom is -0.406 e. The molecule has 1 aromatic carbocycles. The van der Waals surface area contributed by atoms with Crippen LogP contribution in [-0.4, -0.2) is 18.9 Å². The van der Waals surface area contributed by atoms with Crippen LogP contribution in [0.3, 0.4) is 0 Å². The number of allylic oxidation sites excluding steroid dienone is 2. The third kappa shape index (κ3) is 5.67. The Balaban J connectivity index is 1.91. The van der Waals surface area contributed by atoms with Crippen LogP contribution < -0.4 is 15.8 Å². The van der Waals surface area contributed by atoms with Crippen molar-refractivity contribution in [2.24, 2.45) is 16.6 Å². The van der Waals surface area contributed by atoms with Gasteiger partial charge in [0.25, 0.3) is 0 Å². The predicted molar refractivity (Wildman–Crippen MR) is 79.7 cm³/mol. The van der Waals surface area contributed by atoms with E-state index in [-0.39, 0.29) is 11.7 Å². The van der Waals surface area contributed by atoms with Crippen molar-refractivity contribution < 1.29 is 17.9 Å². The number of nitrogens with one attached hydrogen (secondary N) is 1. The smallest absolute Gasteiger partial charge is 0.406 e. The lowest BCUT2D eigenvalue weighted by molar-refractivity contribution is -0.274. The Bertz CT molecular complexity index is 555. The van der Waals surface area contributed by atoms with Gasteiger partial charge >= 0.3 is 6.36 Å². The molecule has 0 spiro atoms. The highest BCUT2D eigenvalue weighted by Crippen LogP contribution is 2.25. The van der Waals surface area contributed by atoms with E-state index >= 15 is 0 Å². The maximum Gasteiger partial charge on any atom is 0.573 e. The van der Waals surface area contributed by atoms with E-state index in [4.69, 9.17) is 5.73 Å². The van der Waals surface area contributed by atoms with E-state index in [1.165, 1.54) is 18.2 Å². The maximum absolute atomic E-state index is 12.2. The number of nitrogens with zero attached hydrogens (tertiary/aromatic N) is 1. The molecular weight excluding hydrogens is 295 g/mol. The highest BCUT2D eigenvalue weighted by Gasteiger charge is 2.31. The van der Waals surface area contributed by atoms with Crippen molar-refractivity contribution in [1.29, 1.82) is 0 Å². The molecule has 0 heterocycles. The summed E-state index contributed by atoms with van der Waals surface area (Å²) in [5.74, 6) is 0.340. The molecule has 0 fully saturated rings. The predicted octanol–water partition coefficient (Wildman–Crippen LogP) is 3.67. The van der Waals surface area contributed by atoms with E-state index < -0.39 is 6.36 Å². The van der Waals surface area contributed by atoms with Crippen molar-refractivity contribution in [3.05, 3.63) is 36.4 Å². The average Bonchev–Trinajstić information content (AvgIpc) is 2.45. The van der Waals surface area contributed by atoms with Gasteiger partial charge in [-0.3, -0.25) is 4.99 Å². The van der Waals surface area contributed by atoms with Crippen LogP contribution in [0.4, 0.5) is 18.9 Å². The van der Waals surface area contributed by atoms with E-state index in [0.29, 0.717) is 18.2 Å². The van der Waals surface area contributed by atoms with E-state index in [9.17, 15) is 13.2 Å². The van der Waals surface area contributed by atoms with E-state index in [2.05, 4.69) is 27.2 Å². The van der Waals surface area contributed by atoms with Crippen molar-refractivity contribution >= 4 is 11.6 Å². The van der Waals surface area contributed by atoms with Crippen molar-refractivity contribution in [2.45, 2.75) is 25.6 Å². The lowest BCUT2D eigenvalue weighted by Gasteiger charge is -2.15. The largest absolute Gasteiger partial charge is 0.573 e. The molecule has 1 unspecified atom stereocenters. The first-order chi connectivity index (χ1) is 10.4. The molecule has 1 atom stereocenters. The summed E-state index contributed by atoms with van der Waals surface area (Å²) < 4.78 is 40.3. The molecule has 0 aromatic heterocycles. The normalized spacial score (nSPS) is 19.0. The topological polar surface area (TPSA) is 59.6 Å². The summed E-state index contributed by atoms with van der Waals surface area (Å²) >= 11 is 0. The van der Waals surface area contributed by atoms with Crippen LogP contribution >= 0.6 is 0 Å². The monoisotopic (exact) mass is 313 g/mol. The van der Waals surface area contributed by atoms with Gasteiger partial charge in [-0.1, -0.05) is 18.2 Å². The van der Waals surface area contributed by atoms with Crippen LogP contribution in [0.25, 0.3) is 0 Å². The summed E-state index contributed by atoms with van der Waals surface area (Å²) in [6.45, 7) is 0.599. The first-order valence-corrected chi connectivity index (χ1v) is 7.00. The number of hydrogen-bond acceptors (Lipinski definition) is 2. The highest BCUT2D eigenvalue weighted by molar-refractivity contribution is 5.92. The third-order valence-corrected chi connectivity index (χ3v) is 3.24. The minimum absolute atomic E-state index is 0.179. The zero-order valence-corrected chi connectivity index (χ0v) is 11.9. The molecule has 1 aliphatic rings. The fourth-order valence-electron chi connectivity index (χ4n) is 2.21. The summed E-state index contributed by atoms with van der Waals surface area (Å²) in [5.41, 5.74) is 6.15. The Morgan fingerprint density at radius 1 is 1.36 bits per heavy atom. The van der Waals surface area contributed by atoms with Crippen LogP contribution in [0.1, 0.15) is 19.3 Å². The van der Waals surface area contributed by atoms with Gasteiger partial charge in [0.1, 0.15) is 5.75 Å². The summed E-state index contributed by atoms with van der Waals surface area (Å²) in [6.07, 6.45) is 2.66. The van der Waals surface area contributed by atoms with Gasteiger partial charge in [-0.05, 0) is 37.3 Å². The van der Waals surface area contributed by atoms with Gasteiger partial charge in [-0.15, -0.1) is 13.2 Å². The number of ether oxygens (including phenoxy) is 1. The van der Waals surface area contributed by atoms with Gasteiger partial charge in [0.15, 0.2) is 5.96 Å². The lowest BCUT2D eigenvalue weighted by Crippen LogP contribution is -2.24. The van der Waals surface area contributed by atoms with Crippen molar-refractivity contribution in [3.63, 3.8) is 0 Å². The molecule has 0 aliphatic heterocycles. The van der Waals surface area contributed by atoms with Gasteiger partial charge in [0.05, 0.1) is 0 Å². The Morgan fingerprint density at radius 3 is 2.86 bits per heavy atom. The number of guanidine groups is 1. The van der Waals surface area contributed by atoms with E-state index in [1.54, 1.807) is 6.07 Å². The number of alkyl halides is 3. The third-order valence-electron chi connectivity index (χ3n) is 3.24. The quantitative estimate of drug-likeness (QED) is 0.506. The van der Waals surface area contributed by atoms with Crippen LogP contribution in [0.5, 0.6) is 5.75 Å². The zero-order chi connectivity index (χ0) is 16.0. The minimum atomic E-state index is -4.72. The average molecular weight is 313 g/mol. The first-order valence-electron chi connectivity index (χ1n) is 7.00. The molecule has 1 aromatic rings. The number of rotatable bonds is 4. The van der Waals surface area contributed by atoms with Gasteiger partial charge in [0.2, 0.25) is 0 Å². The Morgan fingerprint density at radius 2 is 2.18 bits per heavy atom. The first kappa shape index (κ1) is 16.2. The summed E-state index contributed by atoms with van der Waals surface area (Å²) in [4.78, 5) is 4.23. The SMILES string of the molecule is NC(=NCC1CC=CCC1)Nc1cccc(OC(F)(F)F)c1. The van der Waals surface area contributed by atoms with Gasteiger partial charge in [0, 0.05) is 18.3 Å². The van der Waals surface area contributed by atoms with Gasteiger partial charge < -0.3 is 15.8 Å². The Kier molecular flexibility index (Phi) is 5.30. The number of benzene rings is 1. The van der Waals surface area contributed by atoms with Crippen molar-refractivity contribution in [3.8, 4) is 5.75 Å². The van der Waals surface area contributed by atoms with Crippen molar-refractivity contribution in [2.75, 3.05) is 11.9 Å². The standard InChI is InChI=1S/C15H18F3N3O/c16-15(17,18)22-13-8-4-7-12(9-13)21-14(19)20-10-11-5-2-1-3-6-11/h1-2,4,7-9,11H,3,5-6,10H2,(H3,19,20,21). The Hall–Kier alpha value is -2.18. The number of nitrogens with two attached hydrogens (primary N) is 1. The molecule has 2 rings (SSSR count). The second-order valence-corrected chi connectivity index (χ2v) is 5.08.